The summed E-state index contributed by atoms with van der Waals surface area (Å²) in [5, 5.41) is 12.2. The third kappa shape index (κ3) is 2.95. The van der Waals surface area contributed by atoms with Crippen LogP contribution in [0.2, 0.25) is 0 Å². The van der Waals surface area contributed by atoms with Crippen LogP contribution in [0.1, 0.15) is 23.4 Å². The number of fused-ring (bicyclic) bond motifs is 1. The van der Waals surface area contributed by atoms with Gasteiger partial charge in [-0.2, -0.15) is 5.10 Å². The molecule has 24 heavy (non-hydrogen) atoms. The Hall–Kier alpha value is -2.89. The number of piperidine rings is 1. The van der Waals surface area contributed by atoms with E-state index in [1.54, 1.807) is 6.20 Å². The number of benzene rings is 1. The van der Waals surface area contributed by atoms with Crippen molar-refractivity contribution in [1.29, 1.82) is 0 Å². The van der Waals surface area contributed by atoms with Crippen LogP contribution in [0.25, 0.3) is 11.0 Å². The van der Waals surface area contributed by atoms with E-state index in [1.165, 1.54) is 0 Å². The molecule has 122 valence electrons. The van der Waals surface area contributed by atoms with Gasteiger partial charge in [0.2, 0.25) is 0 Å². The minimum absolute atomic E-state index is 0.0378. The molecule has 0 aliphatic carbocycles. The molecule has 0 saturated carbocycles. The first-order chi connectivity index (χ1) is 11.8. The first kappa shape index (κ1) is 14.7. The van der Waals surface area contributed by atoms with Crippen LogP contribution in [0.4, 0.5) is 5.82 Å². The first-order valence-electron chi connectivity index (χ1n) is 8.12. The van der Waals surface area contributed by atoms with E-state index >= 15 is 0 Å². The zero-order chi connectivity index (χ0) is 16.4. The second-order valence-electron chi connectivity index (χ2n) is 5.97. The van der Waals surface area contributed by atoms with Gasteiger partial charge >= 0.3 is 0 Å². The Kier molecular flexibility index (Phi) is 3.86. The summed E-state index contributed by atoms with van der Waals surface area (Å²) >= 11 is 0. The van der Waals surface area contributed by atoms with Gasteiger partial charge in [-0.1, -0.05) is 18.2 Å². The topological polar surface area (TPSA) is 71.3 Å². The highest BCUT2D eigenvalue weighted by Crippen LogP contribution is 2.22. The van der Waals surface area contributed by atoms with Gasteiger partial charge in [-0.05, 0) is 37.1 Å². The minimum atomic E-state index is -0.0378. The number of likely N-dealkylation sites (tertiary alicyclic amines) is 1. The summed E-state index contributed by atoms with van der Waals surface area (Å²) in [6, 6.07) is 13.6. The Morgan fingerprint density at radius 3 is 2.75 bits per heavy atom. The lowest BCUT2D eigenvalue weighted by Gasteiger charge is -2.32. The maximum absolute atomic E-state index is 12.6. The van der Waals surface area contributed by atoms with Crippen molar-refractivity contribution in [2.45, 2.75) is 18.9 Å². The fraction of sp³-hybridized carbons (Fsp3) is 0.278. The van der Waals surface area contributed by atoms with E-state index in [1.807, 2.05) is 47.4 Å². The molecule has 2 aromatic heterocycles. The highest BCUT2D eigenvalue weighted by Gasteiger charge is 2.25. The lowest BCUT2D eigenvalue weighted by atomic mass is 10.0. The number of amides is 1. The number of carbonyl (C=O) groups is 1. The molecule has 1 saturated heterocycles. The average molecular weight is 322 g/mol. The summed E-state index contributed by atoms with van der Waals surface area (Å²) < 4.78 is 5.68. The van der Waals surface area contributed by atoms with Crippen LogP contribution in [0.3, 0.4) is 0 Å². The van der Waals surface area contributed by atoms with E-state index in [9.17, 15) is 4.79 Å². The van der Waals surface area contributed by atoms with Crippen molar-refractivity contribution >= 4 is 22.7 Å². The van der Waals surface area contributed by atoms with Crippen molar-refractivity contribution in [3.63, 3.8) is 0 Å². The molecule has 0 radical (unpaired) electrons. The maximum Gasteiger partial charge on any atom is 0.289 e. The van der Waals surface area contributed by atoms with Gasteiger partial charge in [0, 0.05) is 30.7 Å². The zero-order valence-electron chi connectivity index (χ0n) is 13.2. The number of para-hydroxylation sites is 1. The number of carbonyl (C=O) groups excluding carboxylic acids is 1. The molecule has 0 unspecified atom stereocenters. The summed E-state index contributed by atoms with van der Waals surface area (Å²) in [5.41, 5.74) is 0.750. The molecule has 0 spiro atoms. The number of anilines is 1. The van der Waals surface area contributed by atoms with Crippen molar-refractivity contribution < 1.29 is 9.21 Å². The molecule has 6 heteroatoms. The molecule has 3 heterocycles. The van der Waals surface area contributed by atoms with Crippen LogP contribution in [-0.2, 0) is 0 Å². The van der Waals surface area contributed by atoms with Crippen LogP contribution in [0, 0.1) is 0 Å². The quantitative estimate of drug-likeness (QED) is 0.803. The first-order valence-corrected chi connectivity index (χ1v) is 8.12. The summed E-state index contributed by atoms with van der Waals surface area (Å²) in [6.07, 6.45) is 3.41. The van der Waals surface area contributed by atoms with Crippen LogP contribution in [0.15, 0.2) is 53.1 Å². The summed E-state index contributed by atoms with van der Waals surface area (Å²) in [7, 11) is 0. The monoisotopic (exact) mass is 322 g/mol. The number of nitrogens with one attached hydrogen (secondary N) is 1. The molecular weight excluding hydrogens is 304 g/mol. The number of hydrogen-bond donors (Lipinski definition) is 1. The lowest BCUT2D eigenvalue weighted by Crippen LogP contribution is -2.42. The van der Waals surface area contributed by atoms with Crippen molar-refractivity contribution in [2.75, 3.05) is 18.4 Å². The SMILES string of the molecule is O=C(c1cc2ccccc2o1)N1CCC(Nc2cccnn2)CC1. The summed E-state index contributed by atoms with van der Waals surface area (Å²) in [4.78, 5) is 14.5. The van der Waals surface area contributed by atoms with E-state index in [4.69, 9.17) is 4.42 Å². The number of hydrogen-bond acceptors (Lipinski definition) is 5. The molecule has 0 bridgehead atoms. The van der Waals surface area contributed by atoms with Gasteiger partial charge in [0.05, 0.1) is 0 Å². The number of furan rings is 1. The molecule has 3 aromatic rings. The highest BCUT2D eigenvalue weighted by atomic mass is 16.3. The van der Waals surface area contributed by atoms with E-state index in [2.05, 4.69) is 15.5 Å². The van der Waals surface area contributed by atoms with E-state index in [-0.39, 0.29) is 5.91 Å². The Morgan fingerprint density at radius 1 is 1.17 bits per heavy atom. The van der Waals surface area contributed by atoms with Crippen molar-refractivity contribution in [3.8, 4) is 0 Å². The van der Waals surface area contributed by atoms with Crippen LogP contribution >= 0.6 is 0 Å². The van der Waals surface area contributed by atoms with Gasteiger partial charge in [-0.3, -0.25) is 4.79 Å². The second-order valence-corrected chi connectivity index (χ2v) is 5.97. The van der Waals surface area contributed by atoms with Crippen LogP contribution in [0.5, 0.6) is 0 Å². The fourth-order valence-corrected chi connectivity index (χ4v) is 3.06. The van der Waals surface area contributed by atoms with E-state index < -0.39 is 0 Å². The Morgan fingerprint density at radius 2 is 2.00 bits per heavy atom. The van der Waals surface area contributed by atoms with Crippen molar-refractivity contribution in [2.24, 2.45) is 0 Å². The third-order valence-electron chi connectivity index (χ3n) is 4.34. The average Bonchev–Trinajstić information content (AvgIpc) is 3.07. The number of aromatic nitrogens is 2. The highest BCUT2D eigenvalue weighted by molar-refractivity contribution is 5.96. The molecule has 1 aromatic carbocycles. The Balaban J connectivity index is 1.39. The largest absolute Gasteiger partial charge is 0.451 e. The maximum atomic E-state index is 12.6. The van der Waals surface area contributed by atoms with Gasteiger partial charge < -0.3 is 14.6 Å². The standard InChI is InChI=1S/C18H18N4O2/c23-18(16-12-13-4-1-2-5-15(13)24-16)22-10-7-14(8-11-22)20-17-6-3-9-19-21-17/h1-6,9,12,14H,7-8,10-11H2,(H,20,21). The molecule has 1 N–H and O–H groups in total. The van der Waals surface area contributed by atoms with Gasteiger partial charge in [0.15, 0.2) is 5.76 Å². The summed E-state index contributed by atoms with van der Waals surface area (Å²) in [5.74, 6) is 1.15. The zero-order valence-corrected chi connectivity index (χ0v) is 13.2. The third-order valence-corrected chi connectivity index (χ3v) is 4.34. The Labute approximate surface area is 139 Å². The van der Waals surface area contributed by atoms with Crippen molar-refractivity contribution in [3.05, 3.63) is 54.4 Å². The predicted octanol–water partition coefficient (Wildman–Crippen LogP) is 2.94. The second kappa shape index (κ2) is 6.31. The number of nitrogens with zero attached hydrogens (tertiary/aromatic N) is 3. The summed E-state index contributed by atoms with van der Waals surface area (Å²) in [6.45, 7) is 1.40. The van der Waals surface area contributed by atoms with Gasteiger partial charge in [0.1, 0.15) is 11.4 Å². The molecule has 6 nitrogen and oxygen atoms in total. The molecule has 4 rings (SSSR count). The Bertz CT molecular complexity index is 805. The smallest absolute Gasteiger partial charge is 0.289 e. The lowest BCUT2D eigenvalue weighted by molar-refractivity contribution is 0.0688. The van der Waals surface area contributed by atoms with Gasteiger partial charge in [-0.25, -0.2) is 0 Å². The number of rotatable bonds is 3. The molecule has 1 amide bonds. The predicted molar refractivity (Wildman–Crippen MR) is 90.8 cm³/mol. The molecule has 1 aliphatic heterocycles. The van der Waals surface area contributed by atoms with Gasteiger partial charge in [-0.15, -0.1) is 5.10 Å². The minimum Gasteiger partial charge on any atom is -0.451 e. The fourth-order valence-electron chi connectivity index (χ4n) is 3.06. The van der Waals surface area contributed by atoms with E-state index in [0.29, 0.717) is 24.9 Å². The molecule has 0 atom stereocenters. The van der Waals surface area contributed by atoms with E-state index in [0.717, 1.165) is 29.6 Å². The van der Waals surface area contributed by atoms with Crippen LogP contribution in [-0.4, -0.2) is 40.1 Å². The molecular formula is C18H18N4O2. The normalized spacial score (nSPS) is 15.6. The van der Waals surface area contributed by atoms with Crippen LogP contribution < -0.4 is 5.32 Å². The van der Waals surface area contributed by atoms with Crippen molar-refractivity contribution in [1.82, 2.24) is 15.1 Å². The molecule has 1 aliphatic rings. The van der Waals surface area contributed by atoms with Gasteiger partial charge in [0.25, 0.3) is 5.91 Å². The molecule has 1 fully saturated rings.